The van der Waals surface area contributed by atoms with Gasteiger partial charge in [-0.15, -0.1) is 0 Å². The van der Waals surface area contributed by atoms with Crippen LogP contribution in [0.15, 0.2) is 24.3 Å². The minimum absolute atomic E-state index is 0.0347. The minimum atomic E-state index is -0.657. The lowest BCUT2D eigenvalue weighted by atomic mass is 9.81. The summed E-state index contributed by atoms with van der Waals surface area (Å²) < 4.78 is 0. The van der Waals surface area contributed by atoms with Crippen LogP contribution in [0, 0.1) is 0 Å². The van der Waals surface area contributed by atoms with Gasteiger partial charge < -0.3 is 26.1 Å². The fourth-order valence-electron chi connectivity index (χ4n) is 2.69. The second kappa shape index (κ2) is 5.13. The minimum Gasteiger partial charge on any atom is -0.507 e. The van der Waals surface area contributed by atoms with Crippen molar-refractivity contribution in [3.63, 3.8) is 0 Å². The molecule has 1 aliphatic carbocycles. The Balaban J connectivity index is 2.33. The zero-order chi connectivity index (χ0) is 16.7. The Morgan fingerprint density at radius 3 is 2.13 bits per heavy atom. The molecule has 0 spiro atoms. The molecule has 0 bridgehead atoms. The van der Waals surface area contributed by atoms with Crippen LogP contribution >= 0.6 is 0 Å². The number of phenols is 2. The molecule has 2 aromatic carbocycles. The Labute approximate surface area is 130 Å². The van der Waals surface area contributed by atoms with Crippen LogP contribution in [0.3, 0.4) is 0 Å². The maximum absolute atomic E-state index is 12.8. The van der Waals surface area contributed by atoms with Crippen LogP contribution in [0.1, 0.15) is 31.8 Å². The summed E-state index contributed by atoms with van der Waals surface area (Å²) in [7, 11) is 0. The molecule has 0 unspecified atom stereocenters. The Bertz CT molecular complexity index is 873. The Hall–Kier alpha value is -3.35. The van der Waals surface area contributed by atoms with Gasteiger partial charge in [0.15, 0.2) is 0 Å². The third-order valence-electron chi connectivity index (χ3n) is 3.68. The molecular weight excluding hydrogens is 300 g/mol. The fourth-order valence-corrected chi connectivity index (χ4v) is 2.69. The van der Waals surface area contributed by atoms with Crippen LogP contribution in [0.5, 0.6) is 11.5 Å². The van der Waals surface area contributed by atoms with Gasteiger partial charge in [-0.3, -0.25) is 9.59 Å². The molecule has 2 aromatic rings. The molecule has 23 heavy (non-hydrogen) atoms. The van der Waals surface area contributed by atoms with E-state index in [4.69, 9.17) is 5.73 Å². The number of nitrogens with one attached hydrogen (secondary N) is 1. The summed E-state index contributed by atoms with van der Waals surface area (Å²) in [5.74, 6) is -2.05. The number of nitrogens with two attached hydrogens (primary N) is 1. The molecular formula is C16H12N2O5. The Kier molecular flexibility index (Phi) is 3.25. The molecule has 0 radical (unpaired) electrons. The van der Waals surface area contributed by atoms with Gasteiger partial charge in [0.1, 0.15) is 17.8 Å². The number of rotatable bonds is 3. The van der Waals surface area contributed by atoms with Crippen LogP contribution < -0.4 is 11.1 Å². The topological polar surface area (TPSA) is 130 Å². The van der Waals surface area contributed by atoms with Gasteiger partial charge in [0.25, 0.3) is 0 Å². The summed E-state index contributed by atoms with van der Waals surface area (Å²) in [4.78, 5) is 36.0. The third kappa shape index (κ3) is 2.02. The zero-order valence-electron chi connectivity index (χ0n) is 11.8. The lowest BCUT2D eigenvalue weighted by molar-refractivity contribution is -0.106. The maximum atomic E-state index is 12.8. The van der Waals surface area contributed by atoms with E-state index in [1.807, 2.05) is 0 Å². The highest BCUT2D eigenvalue weighted by atomic mass is 16.3. The fraction of sp³-hybridized carbons (Fsp3) is 0.0625. The maximum Gasteiger partial charge on any atom is 0.200 e. The molecule has 0 aromatic heterocycles. The second-order valence-corrected chi connectivity index (χ2v) is 5.01. The number of benzene rings is 2. The van der Waals surface area contributed by atoms with Gasteiger partial charge in [0, 0.05) is 11.4 Å². The number of anilines is 2. The van der Waals surface area contributed by atoms with E-state index in [-0.39, 0.29) is 51.7 Å². The SMILES string of the molecule is Nc1ccc(O)c2c1C(=O)c1c(O)ccc(NCC=O)c1C2=O. The Morgan fingerprint density at radius 1 is 0.913 bits per heavy atom. The van der Waals surface area contributed by atoms with Crippen molar-refractivity contribution in [3.05, 3.63) is 46.5 Å². The van der Waals surface area contributed by atoms with E-state index >= 15 is 0 Å². The first-order chi connectivity index (χ1) is 11.0. The standard InChI is InChI=1S/C16H12N2O5/c17-7-1-3-9(20)13-11(7)15(22)14-10(21)4-2-8(18-5-6-19)12(14)16(13)23/h1-4,6,18,20-21H,5,17H2. The molecule has 5 N–H and O–H groups in total. The van der Waals surface area contributed by atoms with Gasteiger partial charge in [-0.25, -0.2) is 0 Å². The number of aldehydes is 1. The predicted molar refractivity (Wildman–Crippen MR) is 82.0 cm³/mol. The molecule has 0 heterocycles. The van der Waals surface area contributed by atoms with E-state index in [2.05, 4.69) is 5.32 Å². The van der Waals surface area contributed by atoms with Gasteiger partial charge >= 0.3 is 0 Å². The molecule has 7 heteroatoms. The van der Waals surface area contributed by atoms with Crippen molar-refractivity contribution in [1.29, 1.82) is 0 Å². The van der Waals surface area contributed by atoms with Crippen molar-refractivity contribution >= 4 is 29.2 Å². The van der Waals surface area contributed by atoms with E-state index < -0.39 is 11.6 Å². The Morgan fingerprint density at radius 2 is 1.48 bits per heavy atom. The number of aromatic hydroxyl groups is 2. The van der Waals surface area contributed by atoms with Crippen molar-refractivity contribution in [2.45, 2.75) is 0 Å². The van der Waals surface area contributed by atoms with Gasteiger partial charge in [-0.1, -0.05) is 0 Å². The van der Waals surface area contributed by atoms with E-state index in [0.717, 1.165) is 0 Å². The number of fused-ring (bicyclic) bond motifs is 2. The first-order valence-corrected chi connectivity index (χ1v) is 6.71. The van der Waals surface area contributed by atoms with Gasteiger partial charge in [0.2, 0.25) is 11.6 Å². The summed E-state index contributed by atoms with van der Waals surface area (Å²) >= 11 is 0. The summed E-state index contributed by atoms with van der Waals surface area (Å²) in [5, 5.41) is 22.7. The number of ketones is 2. The molecule has 116 valence electrons. The molecule has 0 amide bonds. The monoisotopic (exact) mass is 312 g/mol. The van der Waals surface area contributed by atoms with Gasteiger partial charge in [-0.05, 0) is 24.3 Å². The van der Waals surface area contributed by atoms with Crippen molar-refractivity contribution < 1.29 is 24.6 Å². The number of carbonyl (C=O) groups is 3. The van der Waals surface area contributed by atoms with Gasteiger partial charge in [0.05, 0.1) is 28.8 Å². The summed E-state index contributed by atoms with van der Waals surface area (Å²) in [6, 6.07) is 5.18. The first kappa shape index (κ1) is 14.6. The van der Waals surface area contributed by atoms with Crippen LogP contribution in [0.25, 0.3) is 0 Å². The quantitative estimate of drug-likeness (QED) is 0.323. The lowest BCUT2D eigenvalue weighted by Crippen LogP contribution is -2.24. The average molecular weight is 312 g/mol. The highest BCUT2D eigenvalue weighted by molar-refractivity contribution is 6.33. The number of nitrogen functional groups attached to an aromatic ring is 1. The van der Waals surface area contributed by atoms with E-state index in [9.17, 15) is 24.6 Å². The van der Waals surface area contributed by atoms with E-state index in [1.54, 1.807) is 0 Å². The van der Waals surface area contributed by atoms with Crippen LogP contribution in [-0.4, -0.2) is 34.6 Å². The summed E-state index contributed by atoms with van der Waals surface area (Å²) in [6.07, 6.45) is 0.595. The molecule has 0 saturated heterocycles. The number of phenolic OH excluding ortho intramolecular Hbond substituents is 2. The van der Waals surface area contributed by atoms with Crippen LogP contribution in [-0.2, 0) is 4.79 Å². The lowest BCUT2D eigenvalue weighted by Gasteiger charge is -2.22. The van der Waals surface area contributed by atoms with Crippen molar-refractivity contribution in [2.24, 2.45) is 0 Å². The smallest absolute Gasteiger partial charge is 0.200 e. The largest absolute Gasteiger partial charge is 0.507 e. The number of hydrogen-bond acceptors (Lipinski definition) is 7. The first-order valence-electron chi connectivity index (χ1n) is 6.71. The zero-order valence-corrected chi connectivity index (χ0v) is 11.8. The number of hydrogen-bond donors (Lipinski definition) is 4. The molecule has 0 aliphatic heterocycles. The van der Waals surface area contributed by atoms with Crippen LogP contribution in [0.2, 0.25) is 0 Å². The molecule has 7 nitrogen and oxygen atoms in total. The number of carbonyl (C=O) groups excluding carboxylic acids is 3. The highest BCUT2D eigenvalue weighted by Gasteiger charge is 2.37. The van der Waals surface area contributed by atoms with E-state index in [1.165, 1.54) is 24.3 Å². The van der Waals surface area contributed by atoms with Crippen molar-refractivity contribution in [3.8, 4) is 11.5 Å². The summed E-state index contributed by atoms with van der Waals surface area (Å²) in [5.41, 5.74) is 5.38. The molecule has 1 aliphatic rings. The third-order valence-corrected chi connectivity index (χ3v) is 3.68. The molecule has 0 saturated carbocycles. The molecule has 0 atom stereocenters. The van der Waals surface area contributed by atoms with Crippen molar-refractivity contribution in [1.82, 2.24) is 0 Å². The van der Waals surface area contributed by atoms with Gasteiger partial charge in [-0.2, -0.15) is 0 Å². The van der Waals surface area contributed by atoms with E-state index in [0.29, 0.717) is 6.29 Å². The highest BCUT2D eigenvalue weighted by Crippen LogP contribution is 2.41. The summed E-state index contributed by atoms with van der Waals surface area (Å²) in [6.45, 7) is -0.0749. The predicted octanol–water partition coefficient (Wildman–Crippen LogP) is 1.07. The molecule has 3 rings (SSSR count). The molecule has 0 fully saturated rings. The second-order valence-electron chi connectivity index (χ2n) is 5.01. The average Bonchev–Trinajstić information content (AvgIpc) is 2.53. The normalized spacial score (nSPS) is 12.5. The van der Waals surface area contributed by atoms with Crippen LogP contribution in [0.4, 0.5) is 11.4 Å². The van der Waals surface area contributed by atoms with Crippen molar-refractivity contribution in [2.75, 3.05) is 17.6 Å².